The van der Waals surface area contributed by atoms with Crippen molar-refractivity contribution in [2.24, 2.45) is 7.05 Å². The minimum Gasteiger partial charge on any atom is -0.384 e. The van der Waals surface area contributed by atoms with Crippen LogP contribution in [0, 0.1) is 0 Å². The molecule has 17 heavy (non-hydrogen) atoms. The third-order valence-electron chi connectivity index (χ3n) is 2.42. The van der Waals surface area contributed by atoms with E-state index < -0.39 is 18.2 Å². The third-order valence-corrected chi connectivity index (χ3v) is 2.95. The van der Waals surface area contributed by atoms with E-state index in [1.54, 1.807) is 7.05 Å². The van der Waals surface area contributed by atoms with E-state index in [2.05, 4.69) is 26.2 Å². The van der Waals surface area contributed by atoms with Crippen molar-refractivity contribution in [2.45, 2.75) is 38.0 Å². The van der Waals surface area contributed by atoms with Gasteiger partial charge in [0.15, 0.2) is 4.60 Å². The number of aromatic nitrogens is 3. The van der Waals surface area contributed by atoms with Crippen LogP contribution in [0.25, 0.3) is 0 Å². The summed E-state index contributed by atoms with van der Waals surface area (Å²) in [6, 6.07) is 0. The monoisotopic (exact) mass is 315 g/mol. The molecule has 1 N–H and O–H groups in total. The molecular weight excluding hydrogens is 303 g/mol. The number of aryl methyl sites for hydroxylation is 1. The van der Waals surface area contributed by atoms with Crippen molar-refractivity contribution in [1.29, 1.82) is 0 Å². The van der Waals surface area contributed by atoms with Crippen LogP contribution in [0.4, 0.5) is 13.2 Å². The molecule has 1 aromatic heterocycles. The van der Waals surface area contributed by atoms with E-state index in [-0.39, 0.29) is 12.8 Å². The smallest absolute Gasteiger partial charge is 0.384 e. The Balaban J connectivity index is 2.69. The maximum absolute atomic E-state index is 12.0. The summed E-state index contributed by atoms with van der Waals surface area (Å²) in [5, 5.41) is 17.5. The first-order valence-electron chi connectivity index (χ1n) is 4.98. The van der Waals surface area contributed by atoms with Gasteiger partial charge in [-0.05, 0) is 35.7 Å². The topological polar surface area (TPSA) is 50.9 Å². The minimum atomic E-state index is -4.20. The molecule has 0 aromatic carbocycles. The summed E-state index contributed by atoms with van der Waals surface area (Å²) < 4.78 is 37.7. The number of halogens is 4. The largest absolute Gasteiger partial charge is 0.389 e. The molecule has 0 saturated heterocycles. The molecule has 0 aliphatic carbocycles. The molecular formula is C9H13BrF3N3O. The van der Waals surface area contributed by atoms with Crippen LogP contribution < -0.4 is 0 Å². The van der Waals surface area contributed by atoms with Gasteiger partial charge in [0.05, 0.1) is 0 Å². The van der Waals surface area contributed by atoms with Gasteiger partial charge < -0.3 is 5.11 Å². The van der Waals surface area contributed by atoms with E-state index in [9.17, 15) is 18.3 Å². The van der Waals surface area contributed by atoms with Crippen LogP contribution in [0.2, 0.25) is 0 Å². The number of hydrogen-bond donors (Lipinski definition) is 1. The van der Waals surface area contributed by atoms with Crippen LogP contribution in [0.1, 0.15) is 31.9 Å². The van der Waals surface area contributed by atoms with E-state index in [4.69, 9.17) is 0 Å². The number of hydrogen-bond acceptors (Lipinski definition) is 3. The van der Waals surface area contributed by atoms with Crippen molar-refractivity contribution in [2.75, 3.05) is 0 Å². The van der Waals surface area contributed by atoms with Crippen LogP contribution >= 0.6 is 15.9 Å². The Labute approximate surface area is 105 Å². The summed E-state index contributed by atoms with van der Waals surface area (Å²) >= 11 is 3.11. The van der Waals surface area contributed by atoms with E-state index in [0.717, 1.165) is 0 Å². The van der Waals surface area contributed by atoms with E-state index in [0.29, 0.717) is 10.3 Å². The van der Waals surface area contributed by atoms with Crippen LogP contribution in [-0.4, -0.2) is 26.3 Å². The standard InChI is InChI=1S/C9H13BrF3N3O/c1-8(17,4-3-5-9(11,12)13)6-7(10)14-15-16(6)2/h17H,3-5H2,1-2H3. The van der Waals surface area contributed by atoms with Gasteiger partial charge in [-0.15, -0.1) is 5.10 Å². The van der Waals surface area contributed by atoms with E-state index in [1.807, 2.05) is 0 Å². The second-order valence-electron chi connectivity index (χ2n) is 4.10. The van der Waals surface area contributed by atoms with Crippen LogP contribution in [-0.2, 0) is 12.6 Å². The Kier molecular flexibility index (Phi) is 4.19. The lowest BCUT2D eigenvalue weighted by molar-refractivity contribution is -0.138. The van der Waals surface area contributed by atoms with Gasteiger partial charge in [-0.2, -0.15) is 13.2 Å². The molecule has 0 spiro atoms. The minimum absolute atomic E-state index is 0.00762. The van der Waals surface area contributed by atoms with Gasteiger partial charge in [0.1, 0.15) is 11.3 Å². The highest BCUT2D eigenvalue weighted by atomic mass is 79.9. The summed E-state index contributed by atoms with van der Waals surface area (Å²) in [6.45, 7) is 1.45. The normalized spacial score (nSPS) is 15.9. The molecule has 0 radical (unpaired) electrons. The van der Waals surface area contributed by atoms with Crippen LogP contribution in [0.3, 0.4) is 0 Å². The van der Waals surface area contributed by atoms with E-state index >= 15 is 0 Å². The van der Waals surface area contributed by atoms with Crippen molar-refractivity contribution >= 4 is 15.9 Å². The summed E-state index contributed by atoms with van der Waals surface area (Å²) in [5.41, 5.74) is -1.01. The molecule has 1 aromatic rings. The lowest BCUT2D eigenvalue weighted by Crippen LogP contribution is -2.25. The summed E-state index contributed by atoms with van der Waals surface area (Å²) in [5.74, 6) is 0. The predicted molar refractivity (Wildman–Crippen MR) is 58.2 cm³/mol. The second kappa shape index (κ2) is 4.93. The van der Waals surface area contributed by atoms with Crippen molar-refractivity contribution < 1.29 is 18.3 Å². The number of aliphatic hydroxyl groups is 1. The molecule has 0 saturated carbocycles. The molecule has 0 amide bonds. The van der Waals surface area contributed by atoms with Gasteiger partial charge in [0.25, 0.3) is 0 Å². The van der Waals surface area contributed by atoms with Gasteiger partial charge in [0, 0.05) is 13.5 Å². The zero-order valence-electron chi connectivity index (χ0n) is 9.42. The lowest BCUT2D eigenvalue weighted by Gasteiger charge is -2.23. The Morgan fingerprint density at radius 1 is 1.35 bits per heavy atom. The maximum Gasteiger partial charge on any atom is 0.389 e. The van der Waals surface area contributed by atoms with Gasteiger partial charge in [-0.3, -0.25) is 0 Å². The Morgan fingerprint density at radius 3 is 2.35 bits per heavy atom. The van der Waals surface area contributed by atoms with Gasteiger partial charge >= 0.3 is 6.18 Å². The fourth-order valence-electron chi connectivity index (χ4n) is 1.65. The fourth-order valence-corrected chi connectivity index (χ4v) is 2.41. The van der Waals surface area contributed by atoms with Gasteiger partial charge in [-0.1, -0.05) is 5.21 Å². The molecule has 1 rings (SSSR count). The molecule has 1 heterocycles. The Morgan fingerprint density at radius 2 is 1.94 bits per heavy atom. The predicted octanol–water partition coefficient (Wildman–Crippen LogP) is 2.52. The van der Waals surface area contributed by atoms with Crippen molar-refractivity contribution in [1.82, 2.24) is 15.0 Å². The molecule has 8 heteroatoms. The average molecular weight is 316 g/mol. The lowest BCUT2D eigenvalue weighted by atomic mass is 9.95. The number of nitrogens with zero attached hydrogens (tertiary/aromatic N) is 3. The molecule has 0 aliphatic rings. The Bertz CT molecular complexity index is 370. The molecule has 4 nitrogen and oxygen atoms in total. The second-order valence-corrected chi connectivity index (χ2v) is 4.85. The number of rotatable bonds is 4. The summed E-state index contributed by atoms with van der Waals surface area (Å²) in [6.07, 6.45) is -5.26. The average Bonchev–Trinajstić information content (AvgIpc) is 2.43. The van der Waals surface area contributed by atoms with Gasteiger partial charge in [-0.25, -0.2) is 4.68 Å². The highest BCUT2D eigenvalue weighted by Crippen LogP contribution is 2.32. The van der Waals surface area contributed by atoms with Crippen molar-refractivity contribution in [3.63, 3.8) is 0 Å². The quantitative estimate of drug-likeness (QED) is 0.929. The zero-order chi connectivity index (χ0) is 13.3. The molecule has 0 fully saturated rings. The van der Waals surface area contributed by atoms with Crippen LogP contribution in [0.5, 0.6) is 0 Å². The molecule has 0 aliphatic heterocycles. The van der Waals surface area contributed by atoms with E-state index in [1.165, 1.54) is 11.6 Å². The first-order chi connectivity index (χ1) is 7.63. The highest BCUT2D eigenvalue weighted by Gasteiger charge is 2.33. The van der Waals surface area contributed by atoms with Gasteiger partial charge in [0.2, 0.25) is 0 Å². The summed E-state index contributed by atoms with van der Waals surface area (Å²) in [7, 11) is 1.57. The van der Waals surface area contributed by atoms with Crippen molar-refractivity contribution in [3.8, 4) is 0 Å². The van der Waals surface area contributed by atoms with Crippen LogP contribution in [0.15, 0.2) is 4.60 Å². The number of alkyl halides is 3. The molecule has 0 bridgehead atoms. The molecule has 1 atom stereocenters. The maximum atomic E-state index is 12.0. The third kappa shape index (κ3) is 3.95. The van der Waals surface area contributed by atoms with Crippen molar-refractivity contribution in [3.05, 3.63) is 10.3 Å². The molecule has 1 unspecified atom stereocenters. The summed E-state index contributed by atoms with van der Waals surface area (Å²) in [4.78, 5) is 0. The fraction of sp³-hybridized carbons (Fsp3) is 0.778. The molecule has 98 valence electrons. The highest BCUT2D eigenvalue weighted by molar-refractivity contribution is 9.10. The SMILES string of the molecule is Cn1nnc(Br)c1C(C)(O)CCCC(F)(F)F. The zero-order valence-corrected chi connectivity index (χ0v) is 11.0. The Hall–Kier alpha value is -0.630. The first kappa shape index (κ1) is 14.4. The first-order valence-corrected chi connectivity index (χ1v) is 5.77.